The fourth-order valence-electron chi connectivity index (χ4n) is 13.5. The van der Waals surface area contributed by atoms with E-state index in [-0.39, 0.29) is 25.7 Å². The van der Waals surface area contributed by atoms with Crippen molar-refractivity contribution < 1.29 is 80.2 Å². The molecule has 624 valence electrons. The summed E-state index contributed by atoms with van der Waals surface area (Å²) in [6, 6.07) is 0. The van der Waals surface area contributed by atoms with Crippen LogP contribution in [0.15, 0.2) is 0 Å². The maximum absolute atomic E-state index is 13.1. The summed E-state index contributed by atoms with van der Waals surface area (Å²) in [4.78, 5) is 73.2. The molecule has 0 heterocycles. The first-order chi connectivity index (χ1) is 51.0. The Morgan fingerprint density at radius 3 is 0.648 bits per heavy atom. The van der Waals surface area contributed by atoms with Crippen molar-refractivity contribution in [1.29, 1.82) is 0 Å². The fraction of sp³-hybridized carbons (Fsp3) is 0.953. The van der Waals surface area contributed by atoms with Crippen molar-refractivity contribution in [3.05, 3.63) is 0 Å². The van der Waals surface area contributed by atoms with Gasteiger partial charge in [-0.3, -0.25) is 37.3 Å². The van der Waals surface area contributed by atoms with Crippen LogP contribution >= 0.6 is 15.6 Å². The van der Waals surface area contributed by atoms with Gasteiger partial charge in [-0.25, -0.2) is 9.13 Å². The molecule has 0 radical (unpaired) electrons. The molecule has 0 aliphatic rings. The van der Waals surface area contributed by atoms with Crippen LogP contribution in [0.5, 0.6) is 0 Å². The van der Waals surface area contributed by atoms with Gasteiger partial charge < -0.3 is 33.8 Å². The summed E-state index contributed by atoms with van der Waals surface area (Å²) < 4.78 is 68.9. The van der Waals surface area contributed by atoms with E-state index in [1.165, 1.54) is 289 Å². The fourth-order valence-corrected chi connectivity index (χ4v) is 15.1. The molecule has 17 nitrogen and oxygen atoms in total. The Morgan fingerprint density at radius 1 is 0.257 bits per heavy atom. The van der Waals surface area contributed by atoms with Crippen LogP contribution in [0.1, 0.15) is 465 Å². The first-order valence-corrected chi connectivity index (χ1v) is 47.6. The van der Waals surface area contributed by atoms with E-state index in [4.69, 9.17) is 37.0 Å². The number of carbonyl (C=O) groups is 4. The van der Waals surface area contributed by atoms with Gasteiger partial charge in [-0.2, -0.15) is 0 Å². The summed E-state index contributed by atoms with van der Waals surface area (Å²) in [5.74, 6) is -1.29. The van der Waals surface area contributed by atoms with Crippen LogP contribution in [0.3, 0.4) is 0 Å². The first kappa shape index (κ1) is 103. The highest BCUT2D eigenvalue weighted by Crippen LogP contribution is 2.45. The number of aliphatic hydroxyl groups is 1. The lowest BCUT2D eigenvalue weighted by atomic mass is 10.0. The van der Waals surface area contributed by atoms with E-state index in [9.17, 15) is 43.2 Å². The molecule has 0 amide bonds. The highest BCUT2D eigenvalue weighted by Gasteiger charge is 2.30. The minimum atomic E-state index is -4.96. The van der Waals surface area contributed by atoms with Crippen molar-refractivity contribution in [1.82, 2.24) is 0 Å². The Morgan fingerprint density at radius 2 is 0.438 bits per heavy atom. The molecule has 5 atom stereocenters. The summed E-state index contributed by atoms with van der Waals surface area (Å²) in [5, 5.41) is 10.7. The van der Waals surface area contributed by atoms with Gasteiger partial charge in [0.2, 0.25) is 0 Å². The smallest absolute Gasteiger partial charge is 0.462 e. The molecule has 0 aromatic heterocycles. The third kappa shape index (κ3) is 79.9. The average Bonchev–Trinajstić information content (AvgIpc) is 0.923. The second-order valence-corrected chi connectivity index (χ2v) is 34.3. The van der Waals surface area contributed by atoms with Crippen LogP contribution in [0.2, 0.25) is 0 Å². The summed E-state index contributed by atoms with van der Waals surface area (Å²) in [5.41, 5.74) is 0. The molecule has 0 bridgehead atoms. The standard InChI is InChI=1S/C86H168O17P2/c1-6-9-12-15-18-21-23-25-27-29-31-33-37-41-45-50-55-60-65-70-84(89)97-76-82(103-86(91)72-67-62-57-52-47-43-39-35-34-36-40-44-49-53-58-63-68-79(4)5)78-101-105(94,95)99-74-80(87)73-98-104(92,93)100-77-81(75-96-83(88)69-64-59-54-48-20-17-14-11-8-3)102-85(90)71-66-61-56-51-46-42-38-32-30-28-26-24-22-19-16-13-10-7-2/h79-82,87H,6-78H2,1-5H3,(H,92,93)(H,94,95)/t80-,81+,82+/m0/s1. The monoisotopic (exact) mass is 1540 g/mol. The summed E-state index contributed by atoms with van der Waals surface area (Å²) >= 11 is 0. The lowest BCUT2D eigenvalue weighted by molar-refractivity contribution is -0.161. The maximum Gasteiger partial charge on any atom is 0.472 e. The number of carbonyl (C=O) groups excluding carboxylic acids is 4. The second kappa shape index (κ2) is 78.7. The van der Waals surface area contributed by atoms with Crippen LogP contribution in [-0.2, 0) is 65.4 Å². The third-order valence-electron chi connectivity index (χ3n) is 20.3. The number of unbranched alkanes of at least 4 members (excludes halogenated alkanes) is 58. The second-order valence-electron chi connectivity index (χ2n) is 31.4. The molecular weight excluding hydrogens is 1370 g/mol. The topological polar surface area (TPSA) is 237 Å². The number of hydrogen-bond donors (Lipinski definition) is 3. The van der Waals surface area contributed by atoms with E-state index in [0.29, 0.717) is 25.7 Å². The van der Waals surface area contributed by atoms with Crippen molar-refractivity contribution >= 4 is 39.5 Å². The quantitative estimate of drug-likeness (QED) is 0.0222. The summed E-state index contributed by atoms with van der Waals surface area (Å²) in [7, 11) is -9.92. The number of rotatable bonds is 86. The van der Waals surface area contributed by atoms with Crippen molar-refractivity contribution in [2.75, 3.05) is 39.6 Å². The highest BCUT2D eigenvalue weighted by atomic mass is 31.2. The number of ether oxygens (including phenoxy) is 4. The van der Waals surface area contributed by atoms with Crippen molar-refractivity contribution in [3.8, 4) is 0 Å². The van der Waals surface area contributed by atoms with Gasteiger partial charge in [-0.1, -0.05) is 413 Å². The molecule has 19 heteroatoms. The molecule has 0 aromatic carbocycles. The van der Waals surface area contributed by atoms with E-state index in [2.05, 4.69) is 34.6 Å². The number of aliphatic hydroxyl groups excluding tert-OH is 1. The zero-order valence-corrected chi connectivity index (χ0v) is 70.7. The first-order valence-electron chi connectivity index (χ1n) is 44.6. The van der Waals surface area contributed by atoms with Gasteiger partial charge in [-0.05, 0) is 31.6 Å². The van der Waals surface area contributed by atoms with Gasteiger partial charge in [-0.15, -0.1) is 0 Å². The van der Waals surface area contributed by atoms with Crippen LogP contribution in [-0.4, -0.2) is 96.7 Å². The lowest BCUT2D eigenvalue weighted by Gasteiger charge is -2.21. The normalized spacial score (nSPS) is 13.8. The van der Waals surface area contributed by atoms with Crippen LogP contribution in [0.25, 0.3) is 0 Å². The van der Waals surface area contributed by atoms with E-state index < -0.39 is 97.5 Å². The maximum atomic E-state index is 13.1. The Hall–Kier alpha value is -1.94. The minimum Gasteiger partial charge on any atom is -0.462 e. The molecule has 3 N–H and O–H groups in total. The Labute approximate surface area is 645 Å². The summed E-state index contributed by atoms with van der Waals surface area (Å²) in [6.07, 6.45) is 72.2. The van der Waals surface area contributed by atoms with Crippen LogP contribution in [0.4, 0.5) is 0 Å². The molecule has 105 heavy (non-hydrogen) atoms. The number of phosphoric ester groups is 2. The minimum absolute atomic E-state index is 0.109. The third-order valence-corrected chi connectivity index (χ3v) is 22.2. The SMILES string of the molecule is CCCCCCCCCCCCCCCCCCCCCC(=O)OC[C@H](COP(=O)(O)OC[C@@H](O)COP(=O)(O)OC[C@@H](COC(=O)CCCCCCCCCCC)OC(=O)CCCCCCCCCCCCCCCCCCCC)OC(=O)CCCCCCCCCCCCCCCCCCC(C)C. The molecule has 2 unspecified atom stereocenters. The van der Waals surface area contributed by atoms with Gasteiger partial charge in [0.05, 0.1) is 26.4 Å². The Bertz CT molecular complexity index is 2000. The van der Waals surface area contributed by atoms with Gasteiger partial charge in [0, 0.05) is 25.7 Å². The van der Waals surface area contributed by atoms with E-state index in [1.807, 2.05) is 0 Å². The average molecular weight is 1540 g/mol. The number of esters is 4. The highest BCUT2D eigenvalue weighted by molar-refractivity contribution is 7.47. The predicted molar refractivity (Wildman–Crippen MR) is 432 cm³/mol. The van der Waals surface area contributed by atoms with Gasteiger partial charge in [0.15, 0.2) is 12.2 Å². The van der Waals surface area contributed by atoms with Gasteiger partial charge in [0.25, 0.3) is 0 Å². The molecule has 0 aromatic rings. The number of hydrogen-bond acceptors (Lipinski definition) is 15. The van der Waals surface area contributed by atoms with Gasteiger partial charge in [0.1, 0.15) is 19.3 Å². The van der Waals surface area contributed by atoms with E-state index in [0.717, 1.165) is 95.8 Å². The van der Waals surface area contributed by atoms with E-state index in [1.54, 1.807) is 0 Å². The number of phosphoric acid groups is 2. The molecule has 0 aliphatic carbocycles. The predicted octanol–water partition coefficient (Wildman–Crippen LogP) is 26.4. The zero-order valence-electron chi connectivity index (χ0n) is 68.9. The molecule has 0 saturated carbocycles. The summed E-state index contributed by atoms with van der Waals surface area (Å²) in [6.45, 7) is 7.38. The van der Waals surface area contributed by atoms with Gasteiger partial charge >= 0.3 is 39.5 Å². The molecule has 0 rings (SSSR count). The zero-order chi connectivity index (χ0) is 76.9. The molecule has 0 spiro atoms. The Kier molecular flexibility index (Phi) is 77.3. The molecular formula is C86H168O17P2. The van der Waals surface area contributed by atoms with Crippen molar-refractivity contribution in [2.24, 2.45) is 5.92 Å². The van der Waals surface area contributed by atoms with Crippen molar-refractivity contribution in [3.63, 3.8) is 0 Å². The largest absolute Gasteiger partial charge is 0.472 e. The Balaban J connectivity index is 5.20. The molecule has 0 fully saturated rings. The lowest BCUT2D eigenvalue weighted by Crippen LogP contribution is -2.30. The van der Waals surface area contributed by atoms with Crippen LogP contribution in [0, 0.1) is 5.92 Å². The van der Waals surface area contributed by atoms with E-state index >= 15 is 0 Å². The van der Waals surface area contributed by atoms with Crippen molar-refractivity contribution in [2.45, 2.75) is 483 Å². The molecule has 0 aliphatic heterocycles. The molecule has 0 saturated heterocycles. The van der Waals surface area contributed by atoms with Crippen LogP contribution < -0.4 is 0 Å².